The molecule has 40 heavy (non-hydrogen) atoms. The van der Waals surface area contributed by atoms with Gasteiger partial charge < -0.3 is 19.4 Å². The molecule has 0 saturated carbocycles. The zero-order chi connectivity index (χ0) is 28.0. The van der Waals surface area contributed by atoms with Crippen LogP contribution in [0.4, 0.5) is 4.79 Å². The summed E-state index contributed by atoms with van der Waals surface area (Å²) in [4.78, 5) is 31.4. The average molecular weight is 560 g/mol. The van der Waals surface area contributed by atoms with Crippen LogP contribution in [0, 0.1) is 6.92 Å². The van der Waals surface area contributed by atoms with E-state index >= 15 is 0 Å². The molecule has 4 heterocycles. The third-order valence-electron chi connectivity index (χ3n) is 6.74. The number of aryl methyl sites for hydroxylation is 1. The molecule has 1 saturated heterocycles. The van der Waals surface area contributed by atoms with Crippen molar-refractivity contribution < 1.29 is 14.3 Å². The van der Waals surface area contributed by atoms with Gasteiger partial charge in [-0.05, 0) is 64.8 Å². The lowest BCUT2D eigenvalue weighted by Crippen LogP contribution is -2.43. The van der Waals surface area contributed by atoms with Crippen LogP contribution in [0.15, 0.2) is 48.9 Å². The first-order chi connectivity index (χ1) is 19.1. The van der Waals surface area contributed by atoms with E-state index in [-0.39, 0.29) is 12.1 Å². The number of piperidine rings is 1. The van der Waals surface area contributed by atoms with Crippen molar-refractivity contribution >= 4 is 39.8 Å². The number of carbonyl (C=O) groups is 1. The number of benzene rings is 2. The van der Waals surface area contributed by atoms with E-state index in [1.807, 2.05) is 62.8 Å². The number of nitrogens with zero attached hydrogens (tertiary/aromatic N) is 6. The van der Waals surface area contributed by atoms with Crippen molar-refractivity contribution in [1.29, 1.82) is 0 Å². The van der Waals surface area contributed by atoms with Crippen molar-refractivity contribution in [3.05, 3.63) is 59.8 Å². The van der Waals surface area contributed by atoms with Crippen LogP contribution >= 0.6 is 11.6 Å². The normalized spacial score (nSPS) is 16.0. The van der Waals surface area contributed by atoms with Crippen LogP contribution in [0.5, 0.6) is 11.5 Å². The van der Waals surface area contributed by atoms with Gasteiger partial charge >= 0.3 is 6.09 Å². The zero-order valence-electron chi connectivity index (χ0n) is 22.8. The molecule has 1 aliphatic heterocycles. The lowest BCUT2D eigenvalue weighted by atomic mass is 10.1. The number of rotatable bonds is 4. The zero-order valence-corrected chi connectivity index (χ0v) is 23.6. The van der Waals surface area contributed by atoms with E-state index in [0.29, 0.717) is 46.3 Å². The minimum Gasteiger partial charge on any atom is -0.456 e. The summed E-state index contributed by atoms with van der Waals surface area (Å²) in [5.74, 6) is 1.96. The molecule has 1 amide bonds. The number of aromatic nitrogens is 6. The van der Waals surface area contributed by atoms with Gasteiger partial charge in [-0.25, -0.2) is 14.8 Å². The molecule has 3 aromatic heterocycles. The Balaban J connectivity index is 1.23. The smallest absolute Gasteiger partial charge is 0.410 e. The SMILES string of the molecule is Cc1nc2ccc(Oc3ccc4ncc(-c5cnn(C6CCCN(C(=O)OC(C)(C)C)C6)c5)nc4c3Cl)cc2[nH]1. The molecule has 206 valence electrons. The predicted octanol–water partition coefficient (Wildman–Crippen LogP) is 6.70. The second kappa shape index (κ2) is 10.1. The number of likely N-dealkylation sites (tertiary alicyclic amines) is 1. The lowest BCUT2D eigenvalue weighted by Gasteiger charge is -2.34. The number of halogens is 1. The highest BCUT2D eigenvalue weighted by Crippen LogP contribution is 2.36. The van der Waals surface area contributed by atoms with Crippen LogP contribution in [0.2, 0.25) is 5.02 Å². The number of hydrogen-bond acceptors (Lipinski definition) is 7. The molecule has 1 aliphatic rings. The summed E-state index contributed by atoms with van der Waals surface area (Å²) in [6, 6.07) is 9.32. The van der Waals surface area contributed by atoms with Gasteiger partial charge in [0.2, 0.25) is 0 Å². The maximum Gasteiger partial charge on any atom is 0.410 e. The summed E-state index contributed by atoms with van der Waals surface area (Å²) >= 11 is 6.77. The van der Waals surface area contributed by atoms with E-state index in [4.69, 9.17) is 26.1 Å². The van der Waals surface area contributed by atoms with Crippen LogP contribution in [0.1, 0.15) is 45.5 Å². The van der Waals surface area contributed by atoms with Crippen LogP contribution in [0.25, 0.3) is 33.3 Å². The van der Waals surface area contributed by atoms with Crippen LogP contribution in [0.3, 0.4) is 0 Å². The van der Waals surface area contributed by atoms with Crippen molar-refractivity contribution in [2.75, 3.05) is 13.1 Å². The molecule has 10 nitrogen and oxygen atoms in total. The van der Waals surface area contributed by atoms with Crippen molar-refractivity contribution in [3.8, 4) is 22.8 Å². The molecule has 2 aromatic carbocycles. The highest BCUT2D eigenvalue weighted by Gasteiger charge is 2.29. The summed E-state index contributed by atoms with van der Waals surface area (Å²) in [7, 11) is 0. The highest BCUT2D eigenvalue weighted by molar-refractivity contribution is 6.36. The molecular formula is C29H30ClN7O3. The van der Waals surface area contributed by atoms with Crippen molar-refractivity contribution in [3.63, 3.8) is 0 Å². The molecule has 0 spiro atoms. The summed E-state index contributed by atoms with van der Waals surface area (Å²) in [6.07, 6.45) is 6.91. The molecular weight excluding hydrogens is 530 g/mol. The van der Waals surface area contributed by atoms with Crippen molar-refractivity contribution in [2.24, 2.45) is 0 Å². The van der Waals surface area contributed by atoms with Crippen LogP contribution in [-0.4, -0.2) is 59.4 Å². The van der Waals surface area contributed by atoms with Crippen LogP contribution in [-0.2, 0) is 4.74 Å². The molecule has 5 aromatic rings. The Kier molecular flexibility index (Phi) is 6.58. The standard InChI is InChI=1S/C29H30ClN7O3/c1-17-33-21-8-7-20(12-23(21)34-17)39-25-10-9-22-27(26(25)30)35-24(14-31-22)18-13-32-37(15-18)19-6-5-11-36(16-19)28(38)40-29(2,3)4/h7-10,12-15,19H,5-6,11,16H2,1-4H3,(H,33,34). The molecule has 0 bridgehead atoms. The molecule has 0 radical (unpaired) electrons. The fraction of sp³-hybridized carbons (Fsp3) is 0.345. The quantitative estimate of drug-likeness (QED) is 0.261. The fourth-order valence-corrected chi connectivity index (χ4v) is 5.12. The topological polar surface area (TPSA) is 111 Å². The molecule has 1 fully saturated rings. The Hall–Kier alpha value is -4.18. The Morgan fingerprint density at radius 3 is 2.77 bits per heavy atom. The van der Waals surface area contributed by atoms with Gasteiger partial charge in [0.25, 0.3) is 0 Å². The number of carbonyl (C=O) groups excluding carboxylic acids is 1. The van der Waals surface area contributed by atoms with E-state index in [1.54, 1.807) is 23.4 Å². The Labute approximate surface area is 236 Å². The number of hydrogen-bond donors (Lipinski definition) is 1. The number of ether oxygens (including phenoxy) is 2. The number of aromatic amines is 1. The number of fused-ring (bicyclic) bond motifs is 2. The Bertz CT molecular complexity index is 1720. The fourth-order valence-electron chi connectivity index (χ4n) is 4.88. The van der Waals surface area contributed by atoms with Gasteiger partial charge in [-0.15, -0.1) is 0 Å². The van der Waals surface area contributed by atoms with Gasteiger partial charge in [-0.1, -0.05) is 11.6 Å². The first-order valence-corrected chi connectivity index (χ1v) is 13.6. The van der Waals surface area contributed by atoms with E-state index < -0.39 is 5.60 Å². The van der Waals surface area contributed by atoms with Crippen LogP contribution < -0.4 is 4.74 Å². The number of amides is 1. The van der Waals surface area contributed by atoms with Crippen molar-refractivity contribution in [2.45, 2.75) is 52.2 Å². The lowest BCUT2D eigenvalue weighted by molar-refractivity contribution is 0.0167. The molecule has 1 N–H and O–H groups in total. The summed E-state index contributed by atoms with van der Waals surface area (Å²) in [5, 5.41) is 4.97. The molecule has 6 rings (SSSR count). The Morgan fingerprint density at radius 2 is 1.95 bits per heavy atom. The number of imidazole rings is 1. The Morgan fingerprint density at radius 1 is 1.12 bits per heavy atom. The van der Waals surface area contributed by atoms with E-state index in [2.05, 4.69) is 20.1 Å². The maximum absolute atomic E-state index is 12.6. The first-order valence-electron chi connectivity index (χ1n) is 13.2. The number of H-pyrrole nitrogens is 1. The average Bonchev–Trinajstić information content (AvgIpc) is 3.55. The predicted molar refractivity (Wildman–Crippen MR) is 153 cm³/mol. The second-order valence-electron chi connectivity index (χ2n) is 11.0. The minimum atomic E-state index is -0.532. The molecule has 1 atom stereocenters. The minimum absolute atomic E-state index is 0.0445. The van der Waals surface area contributed by atoms with E-state index in [1.165, 1.54) is 0 Å². The van der Waals surface area contributed by atoms with Gasteiger partial charge in [0.05, 0.1) is 40.7 Å². The van der Waals surface area contributed by atoms with Gasteiger partial charge in [0.1, 0.15) is 33.5 Å². The van der Waals surface area contributed by atoms with Gasteiger partial charge in [-0.2, -0.15) is 5.10 Å². The highest BCUT2D eigenvalue weighted by atomic mass is 35.5. The third kappa shape index (κ3) is 5.31. The molecule has 1 unspecified atom stereocenters. The van der Waals surface area contributed by atoms with Crippen molar-refractivity contribution in [1.82, 2.24) is 34.6 Å². The van der Waals surface area contributed by atoms with Gasteiger partial charge in [0, 0.05) is 30.9 Å². The third-order valence-corrected chi connectivity index (χ3v) is 7.10. The van der Waals surface area contributed by atoms with Gasteiger partial charge in [0.15, 0.2) is 0 Å². The number of nitrogens with one attached hydrogen (secondary N) is 1. The molecule has 0 aliphatic carbocycles. The summed E-state index contributed by atoms with van der Waals surface area (Å²) in [6.45, 7) is 8.74. The van der Waals surface area contributed by atoms with E-state index in [9.17, 15) is 4.79 Å². The summed E-state index contributed by atoms with van der Waals surface area (Å²) < 4.78 is 13.6. The molecule has 11 heteroatoms. The van der Waals surface area contributed by atoms with E-state index in [0.717, 1.165) is 35.3 Å². The largest absolute Gasteiger partial charge is 0.456 e. The maximum atomic E-state index is 12.6. The second-order valence-corrected chi connectivity index (χ2v) is 11.4. The van der Waals surface area contributed by atoms with Gasteiger partial charge in [-0.3, -0.25) is 9.67 Å². The first kappa shape index (κ1) is 26.1. The summed E-state index contributed by atoms with van der Waals surface area (Å²) in [5.41, 5.74) is 3.88. The monoisotopic (exact) mass is 559 g/mol.